The van der Waals surface area contributed by atoms with Gasteiger partial charge in [-0.1, -0.05) is 20.8 Å². The molecular weight excluding hydrogens is 114 g/mol. The Labute approximate surface area is 55.9 Å². The summed E-state index contributed by atoms with van der Waals surface area (Å²) in [6.07, 6.45) is 4.12. The lowest BCUT2D eigenvalue weighted by atomic mass is 10.5. The fourth-order valence-corrected chi connectivity index (χ4v) is 0.428. The molecule has 52 valence electrons. The zero-order chi connectivity index (χ0) is 7.11. The van der Waals surface area contributed by atoms with Crippen LogP contribution in [0.3, 0.4) is 0 Å². The second-order valence-corrected chi connectivity index (χ2v) is 1.28. The van der Waals surface area contributed by atoms with E-state index >= 15 is 0 Å². The van der Waals surface area contributed by atoms with E-state index in [9.17, 15) is 0 Å². The van der Waals surface area contributed by atoms with E-state index in [-0.39, 0.29) is 0 Å². The molecule has 1 rings (SSSR count). The molecule has 0 N–H and O–H groups in total. The maximum Gasteiger partial charge on any atom is 0.193 e. The molecule has 0 aliphatic carbocycles. The molecule has 1 heterocycles. The quantitative estimate of drug-likeness (QED) is 0.578. The third kappa shape index (κ3) is 2.90. The largest absolute Gasteiger partial charge is 0.449 e. The molecule has 0 unspecified atom stereocenters. The number of aromatic nitrogens is 1. The number of hydrogen-bond acceptors (Lipinski definition) is 2. The van der Waals surface area contributed by atoms with Gasteiger partial charge in [0.1, 0.15) is 6.26 Å². The molecule has 0 aliphatic rings. The molecule has 0 spiro atoms. The van der Waals surface area contributed by atoms with Gasteiger partial charge < -0.3 is 4.42 Å². The molecule has 0 saturated carbocycles. The zero-order valence-corrected chi connectivity index (χ0v) is 6.22. The van der Waals surface area contributed by atoms with E-state index in [1.54, 1.807) is 12.5 Å². The number of hydrogen-bond donors (Lipinski definition) is 0. The average Bonchev–Trinajstić information content (AvgIpc) is 2.43. The summed E-state index contributed by atoms with van der Waals surface area (Å²) < 4.78 is 4.87. The van der Waals surface area contributed by atoms with E-state index in [1.807, 2.05) is 20.8 Å². The summed E-state index contributed by atoms with van der Waals surface area (Å²) >= 11 is 0. The predicted molar refractivity (Wildman–Crippen MR) is 37.2 cm³/mol. The van der Waals surface area contributed by atoms with Crippen LogP contribution >= 0.6 is 0 Å². The Morgan fingerprint density at radius 3 is 2.44 bits per heavy atom. The van der Waals surface area contributed by atoms with E-state index in [0.29, 0.717) is 0 Å². The Morgan fingerprint density at radius 1 is 1.56 bits per heavy atom. The SMILES string of the molecule is CC.CCc1ncco1. The third-order valence-corrected chi connectivity index (χ3v) is 0.786. The van der Waals surface area contributed by atoms with E-state index in [4.69, 9.17) is 4.42 Å². The molecule has 0 fully saturated rings. The normalized spacial score (nSPS) is 7.89. The summed E-state index contributed by atoms with van der Waals surface area (Å²) in [6, 6.07) is 0. The van der Waals surface area contributed by atoms with Crippen molar-refractivity contribution >= 4 is 0 Å². The van der Waals surface area contributed by atoms with Crippen molar-refractivity contribution in [3.63, 3.8) is 0 Å². The zero-order valence-electron chi connectivity index (χ0n) is 6.22. The van der Waals surface area contributed by atoms with Gasteiger partial charge in [0, 0.05) is 6.42 Å². The van der Waals surface area contributed by atoms with Crippen LogP contribution in [0.15, 0.2) is 16.9 Å². The first-order chi connectivity index (χ1) is 4.43. The minimum Gasteiger partial charge on any atom is -0.449 e. The van der Waals surface area contributed by atoms with Crippen molar-refractivity contribution in [3.05, 3.63) is 18.4 Å². The van der Waals surface area contributed by atoms with Gasteiger partial charge in [0.2, 0.25) is 0 Å². The summed E-state index contributed by atoms with van der Waals surface area (Å²) in [4.78, 5) is 3.87. The maximum absolute atomic E-state index is 4.87. The Hall–Kier alpha value is -0.790. The number of aryl methyl sites for hydroxylation is 1. The van der Waals surface area contributed by atoms with Crippen LogP contribution in [0.25, 0.3) is 0 Å². The smallest absolute Gasteiger partial charge is 0.193 e. The molecule has 0 bridgehead atoms. The fraction of sp³-hybridized carbons (Fsp3) is 0.571. The molecule has 0 aliphatic heterocycles. The number of rotatable bonds is 1. The molecule has 0 saturated heterocycles. The third-order valence-electron chi connectivity index (χ3n) is 0.786. The van der Waals surface area contributed by atoms with Gasteiger partial charge in [0.25, 0.3) is 0 Å². The van der Waals surface area contributed by atoms with Gasteiger partial charge in [-0.3, -0.25) is 0 Å². The second kappa shape index (κ2) is 5.35. The van der Waals surface area contributed by atoms with E-state index in [1.165, 1.54) is 0 Å². The van der Waals surface area contributed by atoms with Crippen LogP contribution < -0.4 is 0 Å². The van der Waals surface area contributed by atoms with E-state index in [0.717, 1.165) is 12.3 Å². The van der Waals surface area contributed by atoms with Crippen molar-refractivity contribution in [2.45, 2.75) is 27.2 Å². The van der Waals surface area contributed by atoms with Crippen molar-refractivity contribution in [3.8, 4) is 0 Å². The van der Waals surface area contributed by atoms with Gasteiger partial charge in [-0.15, -0.1) is 0 Å². The van der Waals surface area contributed by atoms with Crippen molar-refractivity contribution in [2.24, 2.45) is 0 Å². The highest BCUT2D eigenvalue weighted by atomic mass is 16.3. The molecule has 0 atom stereocenters. The van der Waals surface area contributed by atoms with Crippen LogP contribution in [-0.2, 0) is 6.42 Å². The first-order valence-corrected chi connectivity index (χ1v) is 3.32. The van der Waals surface area contributed by atoms with Crippen molar-refractivity contribution < 1.29 is 4.42 Å². The average molecular weight is 127 g/mol. The lowest BCUT2D eigenvalue weighted by Crippen LogP contribution is -1.73. The first kappa shape index (κ1) is 8.21. The summed E-state index contributed by atoms with van der Waals surface area (Å²) in [6.45, 7) is 6.01. The van der Waals surface area contributed by atoms with Crippen LogP contribution in [0.2, 0.25) is 0 Å². The standard InChI is InChI=1S/C5H7NO.C2H6/c1-2-5-6-3-4-7-5;1-2/h3-4H,2H2,1H3;1-2H3. The van der Waals surface area contributed by atoms with Crippen LogP contribution in [-0.4, -0.2) is 4.98 Å². The lowest BCUT2D eigenvalue weighted by Gasteiger charge is -1.77. The summed E-state index contributed by atoms with van der Waals surface area (Å²) in [5.41, 5.74) is 0. The molecular formula is C7H13NO. The first-order valence-electron chi connectivity index (χ1n) is 3.32. The molecule has 9 heavy (non-hydrogen) atoms. The fourth-order valence-electron chi connectivity index (χ4n) is 0.428. The minimum absolute atomic E-state index is 0.806. The van der Waals surface area contributed by atoms with Crippen LogP contribution in [0.4, 0.5) is 0 Å². The Kier molecular flexibility index (Phi) is 4.88. The van der Waals surface area contributed by atoms with Crippen molar-refractivity contribution in [1.82, 2.24) is 4.98 Å². The van der Waals surface area contributed by atoms with Gasteiger partial charge in [-0.25, -0.2) is 4.98 Å². The highest BCUT2D eigenvalue weighted by Gasteiger charge is 1.86. The molecule has 1 aromatic heterocycles. The van der Waals surface area contributed by atoms with E-state index < -0.39 is 0 Å². The molecule has 0 amide bonds. The minimum atomic E-state index is 0.806. The van der Waals surface area contributed by atoms with Gasteiger partial charge in [0.05, 0.1) is 6.20 Å². The highest BCUT2D eigenvalue weighted by molar-refractivity contribution is 4.76. The second-order valence-electron chi connectivity index (χ2n) is 1.28. The van der Waals surface area contributed by atoms with Crippen LogP contribution in [0, 0.1) is 0 Å². The monoisotopic (exact) mass is 127 g/mol. The summed E-state index contributed by atoms with van der Waals surface area (Å²) in [5.74, 6) is 0.806. The molecule has 0 radical (unpaired) electrons. The van der Waals surface area contributed by atoms with Crippen molar-refractivity contribution in [1.29, 1.82) is 0 Å². The highest BCUT2D eigenvalue weighted by Crippen LogP contribution is 1.92. The summed E-state index contributed by atoms with van der Waals surface area (Å²) in [7, 11) is 0. The van der Waals surface area contributed by atoms with Gasteiger partial charge >= 0.3 is 0 Å². The Balaban J connectivity index is 0.000000291. The number of nitrogens with zero attached hydrogens (tertiary/aromatic N) is 1. The van der Waals surface area contributed by atoms with Gasteiger partial charge in [-0.2, -0.15) is 0 Å². The summed E-state index contributed by atoms with van der Waals surface area (Å²) in [5, 5.41) is 0. The molecule has 0 aromatic carbocycles. The van der Waals surface area contributed by atoms with Gasteiger partial charge in [0.15, 0.2) is 5.89 Å². The lowest BCUT2D eigenvalue weighted by molar-refractivity contribution is 0.502. The Bertz CT molecular complexity index is 123. The van der Waals surface area contributed by atoms with Crippen LogP contribution in [0.5, 0.6) is 0 Å². The Morgan fingerprint density at radius 2 is 2.22 bits per heavy atom. The predicted octanol–water partition coefficient (Wildman–Crippen LogP) is 2.26. The van der Waals surface area contributed by atoms with E-state index in [2.05, 4.69) is 4.98 Å². The van der Waals surface area contributed by atoms with Crippen molar-refractivity contribution in [2.75, 3.05) is 0 Å². The molecule has 2 heteroatoms. The number of oxazole rings is 1. The topological polar surface area (TPSA) is 26.0 Å². The van der Waals surface area contributed by atoms with Gasteiger partial charge in [-0.05, 0) is 0 Å². The van der Waals surface area contributed by atoms with Crippen LogP contribution in [0.1, 0.15) is 26.7 Å². The molecule has 2 nitrogen and oxygen atoms in total. The maximum atomic E-state index is 4.87. The molecule has 1 aromatic rings.